The average molecular weight is 320 g/mol. The average Bonchev–Trinajstić information content (AvgIpc) is 2.61. The zero-order valence-corrected chi connectivity index (χ0v) is 13.8. The van der Waals surface area contributed by atoms with Gasteiger partial charge < -0.3 is 10.6 Å². The molecular formula is C19H20N4O. The lowest BCUT2D eigenvalue weighted by Gasteiger charge is -2.09. The van der Waals surface area contributed by atoms with Crippen LogP contribution in [0.25, 0.3) is 10.9 Å². The third kappa shape index (κ3) is 3.51. The number of aryl methyl sites for hydroxylation is 1. The molecule has 5 nitrogen and oxygen atoms in total. The second-order valence-electron chi connectivity index (χ2n) is 5.70. The van der Waals surface area contributed by atoms with Gasteiger partial charge in [-0.3, -0.25) is 4.79 Å². The van der Waals surface area contributed by atoms with E-state index in [1.807, 2.05) is 36.4 Å². The van der Waals surface area contributed by atoms with Gasteiger partial charge in [0.25, 0.3) is 5.91 Å². The lowest BCUT2D eigenvalue weighted by Crippen LogP contribution is -2.18. The fourth-order valence-electron chi connectivity index (χ4n) is 2.65. The van der Waals surface area contributed by atoms with Crippen molar-refractivity contribution in [3.63, 3.8) is 0 Å². The summed E-state index contributed by atoms with van der Waals surface area (Å²) in [6, 6.07) is 13.8. The first-order valence-corrected chi connectivity index (χ1v) is 7.93. The van der Waals surface area contributed by atoms with Crippen LogP contribution in [0, 0.1) is 6.92 Å². The lowest BCUT2D eigenvalue weighted by molar-refractivity contribution is 0.0963. The highest BCUT2D eigenvalue weighted by molar-refractivity contribution is 5.94. The second-order valence-corrected chi connectivity index (χ2v) is 5.70. The highest BCUT2D eigenvalue weighted by Gasteiger charge is 2.05. The summed E-state index contributed by atoms with van der Waals surface area (Å²) in [5.41, 5.74) is 3.90. The van der Waals surface area contributed by atoms with Gasteiger partial charge in [-0.2, -0.15) is 0 Å². The van der Waals surface area contributed by atoms with Gasteiger partial charge in [-0.05, 0) is 43.2 Å². The molecule has 0 fully saturated rings. The molecule has 1 heterocycles. The standard InChI is InChI=1S/C19H20N4O/c1-13-6-7-17-16(10-13)18(23-12-22-17)21-9-8-14-4-3-5-15(11-14)19(24)20-2/h3-7,10-12H,8-9H2,1-2H3,(H,20,24)(H,21,22,23). The monoisotopic (exact) mass is 320 g/mol. The van der Waals surface area contributed by atoms with Gasteiger partial charge in [0, 0.05) is 24.5 Å². The summed E-state index contributed by atoms with van der Waals surface area (Å²) in [7, 11) is 1.64. The topological polar surface area (TPSA) is 66.9 Å². The molecule has 2 aromatic carbocycles. The molecule has 3 aromatic rings. The molecule has 24 heavy (non-hydrogen) atoms. The molecule has 0 atom stereocenters. The maximum Gasteiger partial charge on any atom is 0.251 e. The van der Waals surface area contributed by atoms with Gasteiger partial charge >= 0.3 is 0 Å². The number of nitrogens with zero attached hydrogens (tertiary/aromatic N) is 2. The SMILES string of the molecule is CNC(=O)c1cccc(CCNc2ncnc3ccc(C)cc23)c1. The van der Waals surface area contributed by atoms with E-state index in [-0.39, 0.29) is 5.91 Å². The van der Waals surface area contributed by atoms with E-state index in [0.29, 0.717) is 5.56 Å². The predicted molar refractivity (Wildman–Crippen MR) is 96.3 cm³/mol. The van der Waals surface area contributed by atoms with E-state index in [4.69, 9.17) is 0 Å². The largest absolute Gasteiger partial charge is 0.369 e. The van der Waals surface area contributed by atoms with Crippen molar-refractivity contribution in [1.29, 1.82) is 0 Å². The number of nitrogens with one attached hydrogen (secondary N) is 2. The molecule has 122 valence electrons. The highest BCUT2D eigenvalue weighted by Crippen LogP contribution is 2.20. The quantitative estimate of drug-likeness (QED) is 0.758. The Kier molecular flexibility index (Phi) is 4.70. The van der Waals surface area contributed by atoms with Gasteiger partial charge in [0.15, 0.2) is 0 Å². The number of amides is 1. The lowest BCUT2D eigenvalue weighted by atomic mass is 10.1. The molecule has 0 unspecified atom stereocenters. The minimum atomic E-state index is -0.0675. The molecule has 0 aliphatic carbocycles. The summed E-state index contributed by atoms with van der Waals surface area (Å²) < 4.78 is 0. The van der Waals surface area contributed by atoms with Gasteiger partial charge in [0.05, 0.1) is 5.52 Å². The molecule has 2 N–H and O–H groups in total. The number of rotatable bonds is 5. The summed E-state index contributed by atoms with van der Waals surface area (Å²) >= 11 is 0. The summed E-state index contributed by atoms with van der Waals surface area (Å²) in [4.78, 5) is 20.3. The van der Waals surface area contributed by atoms with Crippen molar-refractivity contribution in [1.82, 2.24) is 15.3 Å². The summed E-state index contributed by atoms with van der Waals surface area (Å²) in [5, 5.41) is 7.04. The second kappa shape index (κ2) is 7.08. The van der Waals surface area contributed by atoms with Gasteiger partial charge in [0.1, 0.15) is 12.1 Å². The first-order chi connectivity index (χ1) is 11.7. The molecule has 1 aromatic heterocycles. The van der Waals surface area contributed by atoms with Crippen LogP contribution in [0.4, 0.5) is 5.82 Å². The Morgan fingerprint density at radius 3 is 2.83 bits per heavy atom. The van der Waals surface area contributed by atoms with Crippen molar-refractivity contribution in [3.8, 4) is 0 Å². The molecule has 1 amide bonds. The van der Waals surface area contributed by atoms with Crippen molar-refractivity contribution in [3.05, 3.63) is 65.5 Å². The van der Waals surface area contributed by atoms with Gasteiger partial charge in [-0.1, -0.05) is 23.8 Å². The molecule has 0 saturated heterocycles. The van der Waals surface area contributed by atoms with E-state index < -0.39 is 0 Å². The zero-order chi connectivity index (χ0) is 16.9. The van der Waals surface area contributed by atoms with Crippen LogP contribution in [0.5, 0.6) is 0 Å². The van der Waals surface area contributed by atoms with Crippen LogP contribution >= 0.6 is 0 Å². The van der Waals surface area contributed by atoms with Crippen LogP contribution in [0.3, 0.4) is 0 Å². The Morgan fingerprint density at radius 2 is 2.00 bits per heavy atom. The Hall–Kier alpha value is -2.95. The van der Waals surface area contributed by atoms with Crippen molar-refractivity contribution in [2.45, 2.75) is 13.3 Å². The smallest absolute Gasteiger partial charge is 0.251 e. The van der Waals surface area contributed by atoms with Crippen LogP contribution in [0.2, 0.25) is 0 Å². The molecule has 0 spiro atoms. The zero-order valence-electron chi connectivity index (χ0n) is 13.8. The number of carbonyl (C=O) groups excluding carboxylic acids is 1. The molecule has 0 saturated carbocycles. The van der Waals surface area contributed by atoms with Crippen molar-refractivity contribution < 1.29 is 4.79 Å². The number of fused-ring (bicyclic) bond motifs is 1. The maximum absolute atomic E-state index is 11.7. The summed E-state index contributed by atoms with van der Waals surface area (Å²) in [6.07, 6.45) is 2.38. The minimum absolute atomic E-state index is 0.0675. The van der Waals surface area contributed by atoms with Crippen LogP contribution in [-0.2, 0) is 6.42 Å². The fraction of sp³-hybridized carbons (Fsp3) is 0.211. The molecule has 0 radical (unpaired) electrons. The minimum Gasteiger partial charge on any atom is -0.369 e. The summed E-state index contributed by atoms with van der Waals surface area (Å²) in [6.45, 7) is 2.79. The molecular weight excluding hydrogens is 300 g/mol. The highest BCUT2D eigenvalue weighted by atomic mass is 16.1. The van der Waals surface area contributed by atoms with Crippen molar-refractivity contribution >= 4 is 22.6 Å². The Bertz CT molecular complexity index is 876. The van der Waals surface area contributed by atoms with E-state index in [9.17, 15) is 4.79 Å². The normalized spacial score (nSPS) is 10.6. The first-order valence-electron chi connectivity index (χ1n) is 7.93. The van der Waals surface area contributed by atoms with Crippen LogP contribution < -0.4 is 10.6 Å². The number of anilines is 1. The summed E-state index contributed by atoms with van der Waals surface area (Å²) in [5.74, 6) is 0.772. The Morgan fingerprint density at radius 1 is 1.12 bits per heavy atom. The Labute approximate surface area is 141 Å². The molecule has 0 bridgehead atoms. The number of aromatic nitrogens is 2. The first kappa shape index (κ1) is 15.9. The van der Waals surface area contributed by atoms with Gasteiger partial charge in [-0.15, -0.1) is 0 Å². The molecule has 3 rings (SSSR count). The fourth-order valence-corrected chi connectivity index (χ4v) is 2.65. The Balaban J connectivity index is 1.71. The van der Waals surface area contributed by atoms with E-state index in [0.717, 1.165) is 35.2 Å². The number of benzene rings is 2. The number of hydrogen-bond acceptors (Lipinski definition) is 4. The van der Waals surface area contributed by atoms with Gasteiger partial charge in [-0.25, -0.2) is 9.97 Å². The van der Waals surface area contributed by atoms with Crippen molar-refractivity contribution in [2.24, 2.45) is 0 Å². The molecule has 5 heteroatoms. The third-order valence-electron chi connectivity index (χ3n) is 3.91. The number of hydrogen-bond donors (Lipinski definition) is 2. The van der Waals surface area contributed by atoms with Crippen molar-refractivity contribution in [2.75, 3.05) is 18.9 Å². The number of carbonyl (C=O) groups is 1. The molecule has 0 aliphatic heterocycles. The van der Waals surface area contributed by atoms with Crippen LogP contribution in [-0.4, -0.2) is 29.5 Å². The van der Waals surface area contributed by atoms with E-state index in [1.165, 1.54) is 5.56 Å². The van der Waals surface area contributed by atoms with Crippen LogP contribution in [0.1, 0.15) is 21.5 Å². The third-order valence-corrected chi connectivity index (χ3v) is 3.91. The van der Waals surface area contributed by atoms with E-state index in [1.54, 1.807) is 13.4 Å². The van der Waals surface area contributed by atoms with Gasteiger partial charge in [0.2, 0.25) is 0 Å². The van der Waals surface area contributed by atoms with Crippen LogP contribution in [0.15, 0.2) is 48.8 Å². The van der Waals surface area contributed by atoms with E-state index in [2.05, 4.69) is 33.6 Å². The predicted octanol–water partition coefficient (Wildman–Crippen LogP) is 2.95. The molecule has 0 aliphatic rings. The van der Waals surface area contributed by atoms with E-state index >= 15 is 0 Å². The maximum atomic E-state index is 11.7.